The van der Waals surface area contributed by atoms with Gasteiger partial charge in [-0.05, 0) is 29.8 Å². The predicted octanol–water partition coefficient (Wildman–Crippen LogP) is 2.41. The van der Waals surface area contributed by atoms with Gasteiger partial charge in [0.05, 0.1) is 11.3 Å². The summed E-state index contributed by atoms with van der Waals surface area (Å²) in [6.45, 7) is 0. The zero-order chi connectivity index (χ0) is 20.3. The van der Waals surface area contributed by atoms with Gasteiger partial charge in [-0.3, -0.25) is 4.79 Å². The largest absolute Gasteiger partial charge is 0.416 e. The van der Waals surface area contributed by atoms with Gasteiger partial charge in [-0.25, -0.2) is 9.98 Å². The number of nitrogens with one attached hydrogen (secondary N) is 2. The minimum absolute atomic E-state index is 0.201. The summed E-state index contributed by atoms with van der Waals surface area (Å²) >= 11 is 0. The highest BCUT2D eigenvalue weighted by Crippen LogP contribution is 2.30. The summed E-state index contributed by atoms with van der Waals surface area (Å²) in [5.41, 5.74) is 12.5. The Balaban J connectivity index is 1.77. The third kappa shape index (κ3) is 4.11. The number of benzene rings is 1. The Labute approximate surface area is 157 Å². The van der Waals surface area contributed by atoms with Crippen molar-refractivity contribution in [3.8, 4) is 0 Å². The number of amides is 1. The van der Waals surface area contributed by atoms with Crippen LogP contribution in [0.15, 0.2) is 65.7 Å². The second-order valence-corrected chi connectivity index (χ2v) is 5.72. The van der Waals surface area contributed by atoms with Crippen LogP contribution >= 0.6 is 0 Å². The Morgan fingerprint density at radius 2 is 1.79 bits per heavy atom. The van der Waals surface area contributed by atoms with Crippen LogP contribution in [0.1, 0.15) is 21.5 Å². The molecule has 2 heterocycles. The number of carbonyl (C=O) groups excluding carboxylic acids is 1. The summed E-state index contributed by atoms with van der Waals surface area (Å²) in [6, 6.07) is 7.73. The minimum atomic E-state index is -4.53. The summed E-state index contributed by atoms with van der Waals surface area (Å²) in [4.78, 5) is 19.9. The van der Waals surface area contributed by atoms with Gasteiger partial charge in [0.1, 0.15) is 17.4 Å². The quantitative estimate of drug-likeness (QED) is 0.644. The van der Waals surface area contributed by atoms with E-state index in [4.69, 9.17) is 11.5 Å². The molecule has 0 saturated heterocycles. The number of hydrogen-bond donors (Lipinski definition) is 4. The van der Waals surface area contributed by atoms with Crippen LogP contribution < -0.4 is 22.1 Å². The smallest absolute Gasteiger partial charge is 0.396 e. The standard InChI is InChI=1S/C18H15F3N6O/c19-18(20,21)12-5-6-24-13(9-12)27-17(28)11-3-1-10(2-4-11)14(22)15-16(23)26-8-7-25-15/h1-9,25H,22H2,(H2,23,26)(H,24,27,28)/b15-14-. The van der Waals surface area contributed by atoms with E-state index in [2.05, 4.69) is 20.6 Å². The Morgan fingerprint density at radius 3 is 2.43 bits per heavy atom. The first kappa shape index (κ1) is 19.0. The van der Waals surface area contributed by atoms with Crippen LogP contribution in [0.3, 0.4) is 0 Å². The molecule has 1 aromatic carbocycles. The van der Waals surface area contributed by atoms with Crippen LogP contribution in [-0.4, -0.2) is 16.7 Å². The lowest BCUT2D eigenvalue weighted by Crippen LogP contribution is -2.28. The lowest BCUT2D eigenvalue weighted by Gasteiger charge is -2.14. The van der Waals surface area contributed by atoms with Gasteiger partial charge in [0.25, 0.3) is 5.91 Å². The molecule has 3 rings (SSSR count). The third-order valence-electron chi connectivity index (χ3n) is 3.83. The molecule has 0 fully saturated rings. The Kier molecular flexibility index (Phi) is 5.03. The summed E-state index contributed by atoms with van der Waals surface area (Å²) < 4.78 is 38.2. The molecule has 1 aromatic heterocycles. The monoisotopic (exact) mass is 388 g/mol. The average molecular weight is 388 g/mol. The molecular weight excluding hydrogens is 373 g/mol. The first-order valence-corrected chi connectivity index (χ1v) is 7.95. The number of carbonyl (C=O) groups is 1. The van der Waals surface area contributed by atoms with Crippen LogP contribution in [0.5, 0.6) is 0 Å². The summed E-state index contributed by atoms with van der Waals surface area (Å²) in [5.74, 6) is -0.588. The van der Waals surface area contributed by atoms with E-state index in [0.717, 1.165) is 18.3 Å². The zero-order valence-electron chi connectivity index (χ0n) is 14.3. The number of anilines is 1. The summed E-state index contributed by atoms with van der Waals surface area (Å²) in [7, 11) is 0. The van der Waals surface area contributed by atoms with E-state index in [9.17, 15) is 18.0 Å². The van der Waals surface area contributed by atoms with E-state index in [-0.39, 0.29) is 17.2 Å². The van der Waals surface area contributed by atoms with Gasteiger partial charge >= 0.3 is 6.18 Å². The molecule has 144 valence electrons. The van der Waals surface area contributed by atoms with E-state index in [1.165, 1.54) is 18.3 Å². The van der Waals surface area contributed by atoms with Crippen molar-refractivity contribution in [3.05, 3.63) is 77.4 Å². The molecule has 0 aliphatic carbocycles. The van der Waals surface area contributed by atoms with E-state index in [1.54, 1.807) is 18.3 Å². The number of rotatable bonds is 3. The van der Waals surface area contributed by atoms with Crippen molar-refractivity contribution >= 4 is 23.3 Å². The lowest BCUT2D eigenvalue weighted by atomic mass is 10.1. The fourth-order valence-corrected chi connectivity index (χ4v) is 2.40. The normalized spacial score (nSPS) is 15.5. The SMILES string of the molecule is NC1=NC=CN/C1=C(\N)c1ccc(C(=O)Nc2cc(C(F)(F)F)ccn2)cc1. The zero-order valence-corrected chi connectivity index (χ0v) is 14.3. The van der Waals surface area contributed by atoms with E-state index in [0.29, 0.717) is 17.0 Å². The second kappa shape index (κ2) is 7.43. The van der Waals surface area contributed by atoms with Crippen molar-refractivity contribution < 1.29 is 18.0 Å². The highest BCUT2D eigenvalue weighted by Gasteiger charge is 2.30. The van der Waals surface area contributed by atoms with Crippen LogP contribution in [0.25, 0.3) is 5.70 Å². The maximum atomic E-state index is 12.7. The van der Waals surface area contributed by atoms with Gasteiger partial charge in [-0.1, -0.05) is 12.1 Å². The lowest BCUT2D eigenvalue weighted by molar-refractivity contribution is -0.137. The highest BCUT2D eigenvalue weighted by molar-refractivity contribution is 6.05. The molecule has 0 unspecified atom stereocenters. The minimum Gasteiger partial charge on any atom is -0.396 e. The number of pyridine rings is 1. The third-order valence-corrected chi connectivity index (χ3v) is 3.83. The van der Waals surface area contributed by atoms with E-state index in [1.807, 2.05) is 0 Å². The Morgan fingerprint density at radius 1 is 1.11 bits per heavy atom. The van der Waals surface area contributed by atoms with Gasteiger partial charge in [0, 0.05) is 24.2 Å². The fourth-order valence-electron chi connectivity index (χ4n) is 2.40. The number of alkyl halides is 3. The van der Waals surface area contributed by atoms with E-state index < -0.39 is 17.6 Å². The van der Waals surface area contributed by atoms with Gasteiger partial charge in [-0.2, -0.15) is 13.2 Å². The topological polar surface area (TPSA) is 118 Å². The van der Waals surface area contributed by atoms with E-state index >= 15 is 0 Å². The molecular formula is C18H15F3N6O. The second-order valence-electron chi connectivity index (χ2n) is 5.72. The van der Waals surface area contributed by atoms with Crippen molar-refractivity contribution in [2.45, 2.75) is 6.18 Å². The number of halogens is 3. The van der Waals surface area contributed by atoms with Gasteiger partial charge in [0.15, 0.2) is 0 Å². The highest BCUT2D eigenvalue weighted by atomic mass is 19.4. The average Bonchev–Trinajstić information content (AvgIpc) is 2.67. The van der Waals surface area contributed by atoms with Crippen molar-refractivity contribution in [1.82, 2.24) is 10.3 Å². The molecule has 1 amide bonds. The maximum absolute atomic E-state index is 12.7. The molecule has 0 saturated carbocycles. The van der Waals surface area contributed by atoms with Crippen molar-refractivity contribution in [3.63, 3.8) is 0 Å². The molecule has 7 nitrogen and oxygen atoms in total. The number of nitrogens with zero attached hydrogens (tertiary/aromatic N) is 2. The first-order valence-electron chi connectivity index (χ1n) is 7.95. The molecule has 1 aliphatic rings. The molecule has 0 atom stereocenters. The van der Waals surface area contributed by atoms with Crippen LogP contribution in [0.2, 0.25) is 0 Å². The number of amidine groups is 1. The van der Waals surface area contributed by atoms with Gasteiger partial charge in [-0.15, -0.1) is 0 Å². The predicted molar refractivity (Wildman–Crippen MR) is 98.6 cm³/mol. The number of nitrogens with two attached hydrogens (primary N) is 2. The van der Waals surface area contributed by atoms with Gasteiger partial charge < -0.3 is 22.1 Å². The van der Waals surface area contributed by atoms with Crippen LogP contribution in [0.4, 0.5) is 19.0 Å². The van der Waals surface area contributed by atoms with Crippen LogP contribution in [0, 0.1) is 0 Å². The molecule has 1 aliphatic heterocycles. The number of hydrogen-bond acceptors (Lipinski definition) is 6. The number of aromatic nitrogens is 1. The molecule has 2 aromatic rings. The summed E-state index contributed by atoms with van der Waals surface area (Å²) in [5, 5.41) is 5.23. The molecule has 0 radical (unpaired) electrons. The fraction of sp³-hybridized carbons (Fsp3) is 0.0556. The molecule has 10 heteroatoms. The molecule has 0 bridgehead atoms. The Hall–Kier alpha value is -3.82. The van der Waals surface area contributed by atoms with Gasteiger partial charge in [0.2, 0.25) is 0 Å². The molecule has 28 heavy (non-hydrogen) atoms. The molecule has 0 spiro atoms. The van der Waals surface area contributed by atoms with Crippen molar-refractivity contribution in [2.75, 3.05) is 5.32 Å². The maximum Gasteiger partial charge on any atom is 0.416 e. The summed E-state index contributed by atoms with van der Waals surface area (Å²) in [6.07, 6.45) is -0.488. The molecule has 6 N–H and O–H groups in total. The van der Waals surface area contributed by atoms with Crippen LogP contribution in [-0.2, 0) is 6.18 Å². The van der Waals surface area contributed by atoms with Crippen molar-refractivity contribution in [2.24, 2.45) is 16.5 Å². The Bertz CT molecular complexity index is 993. The van der Waals surface area contributed by atoms with Crippen molar-refractivity contribution in [1.29, 1.82) is 0 Å². The first-order chi connectivity index (χ1) is 13.3. The number of aliphatic imine (C=N–C) groups is 1.